The smallest absolute Gasteiger partial charge is 0.429 e. The summed E-state index contributed by atoms with van der Waals surface area (Å²) in [5, 5.41) is 10.4. The Bertz CT molecular complexity index is 1350. The summed E-state index contributed by atoms with van der Waals surface area (Å²) in [6, 6.07) is 17.8. The molecule has 0 aliphatic carbocycles. The van der Waals surface area contributed by atoms with E-state index in [1.165, 1.54) is 24.3 Å². The van der Waals surface area contributed by atoms with Crippen molar-refractivity contribution in [1.29, 1.82) is 5.26 Å². The molecular weight excluding hydrogens is 432 g/mol. The Balaban J connectivity index is 1.84. The van der Waals surface area contributed by atoms with Crippen LogP contribution in [0.3, 0.4) is 0 Å². The van der Waals surface area contributed by atoms with Gasteiger partial charge in [-0.2, -0.15) is 31.6 Å². The minimum atomic E-state index is -4.84. The first-order valence-electron chi connectivity index (χ1n) is 9.34. The van der Waals surface area contributed by atoms with Gasteiger partial charge in [0, 0.05) is 10.9 Å². The quantitative estimate of drug-likeness (QED) is 0.305. The van der Waals surface area contributed by atoms with E-state index in [2.05, 4.69) is 0 Å². The number of halogens is 6. The summed E-state index contributed by atoms with van der Waals surface area (Å²) in [5.41, 5.74) is -1.58. The third kappa shape index (κ3) is 3.94. The molecule has 0 fully saturated rings. The van der Waals surface area contributed by atoms with Crippen molar-refractivity contribution in [3.05, 3.63) is 89.5 Å². The van der Waals surface area contributed by atoms with E-state index in [-0.39, 0.29) is 16.3 Å². The lowest BCUT2D eigenvalue weighted by atomic mass is 9.99. The first kappa shape index (κ1) is 21.5. The zero-order valence-corrected chi connectivity index (χ0v) is 16.1. The lowest BCUT2D eigenvalue weighted by molar-refractivity contribution is -0.198. The first-order valence-corrected chi connectivity index (χ1v) is 9.34. The normalized spacial score (nSPS) is 13.2. The second kappa shape index (κ2) is 7.75. The predicted molar refractivity (Wildman–Crippen MR) is 107 cm³/mol. The Kier molecular flexibility index (Phi) is 5.21. The fourth-order valence-corrected chi connectivity index (χ4v) is 3.62. The van der Waals surface area contributed by atoms with Gasteiger partial charge in [0.15, 0.2) is 0 Å². The van der Waals surface area contributed by atoms with Gasteiger partial charge in [0.05, 0.1) is 5.56 Å². The molecule has 0 saturated carbocycles. The number of nitriles is 1. The van der Waals surface area contributed by atoms with Crippen molar-refractivity contribution < 1.29 is 31.1 Å². The number of rotatable bonds is 3. The van der Waals surface area contributed by atoms with Crippen LogP contribution in [0, 0.1) is 11.3 Å². The number of hydrogen-bond donors (Lipinski definition) is 0. The molecule has 1 atom stereocenters. The van der Waals surface area contributed by atoms with Gasteiger partial charge in [-0.25, -0.2) is 0 Å². The van der Waals surface area contributed by atoms with E-state index in [1.807, 2.05) is 0 Å². The maximum absolute atomic E-state index is 13.9. The van der Waals surface area contributed by atoms with Crippen molar-refractivity contribution in [2.45, 2.75) is 18.5 Å². The van der Waals surface area contributed by atoms with E-state index in [9.17, 15) is 31.6 Å². The Morgan fingerprint density at radius 3 is 2.12 bits per heavy atom. The van der Waals surface area contributed by atoms with Gasteiger partial charge in [-0.3, -0.25) is 0 Å². The minimum absolute atomic E-state index is 0.140. The third-order valence-electron chi connectivity index (χ3n) is 5.06. The van der Waals surface area contributed by atoms with Gasteiger partial charge < -0.3 is 4.74 Å². The molecule has 162 valence electrons. The molecule has 4 aromatic rings. The van der Waals surface area contributed by atoms with Crippen LogP contribution < -0.4 is 4.74 Å². The standard InChI is InChI=1S/C24H13F6NO/c25-23(26,27)20-7-3-6-17-18(20)10-11-21(19(17)13-31)32-22(24(28,29)30)16-9-8-14-4-1-2-5-15(14)12-16/h1-12,22H. The average molecular weight is 445 g/mol. The highest BCUT2D eigenvalue weighted by Gasteiger charge is 2.43. The molecular formula is C24H13F6NO. The van der Waals surface area contributed by atoms with Crippen LogP contribution in [0.2, 0.25) is 0 Å². The van der Waals surface area contributed by atoms with Crippen LogP contribution in [0.4, 0.5) is 26.3 Å². The lowest BCUT2D eigenvalue weighted by Gasteiger charge is -2.23. The minimum Gasteiger partial charge on any atom is -0.475 e. The zero-order chi connectivity index (χ0) is 23.1. The molecule has 0 saturated heterocycles. The molecule has 0 spiro atoms. The van der Waals surface area contributed by atoms with Crippen LogP contribution in [0.25, 0.3) is 21.5 Å². The Hall–Kier alpha value is -3.73. The van der Waals surface area contributed by atoms with Crippen LogP contribution in [0.15, 0.2) is 72.8 Å². The van der Waals surface area contributed by atoms with Gasteiger partial charge in [0.2, 0.25) is 6.10 Å². The molecule has 0 aliphatic rings. The summed E-state index contributed by atoms with van der Waals surface area (Å²) in [5.74, 6) is -0.449. The molecule has 2 nitrogen and oxygen atoms in total. The molecule has 32 heavy (non-hydrogen) atoms. The summed E-state index contributed by atoms with van der Waals surface area (Å²) in [7, 11) is 0. The fraction of sp³-hybridized carbons (Fsp3) is 0.125. The number of ether oxygens (including phenoxy) is 1. The molecule has 0 amide bonds. The van der Waals surface area contributed by atoms with Crippen molar-refractivity contribution in [2.75, 3.05) is 0 Å². The van der Waals surface area contributed by atoms with Crippen molar-refractivity contribution >= 4 is 21.5 Å². The van der Waals surface area contributed by atoms with Crippen LogP contribution in [0.5, 0.6) is 5.75 Å². The van der Waals surface area contributed by atoms with Gasteiger partial charge >= 0.3 is 12.4 Å². The molecule has 0 bridgehead atoms. The molecule has 4 rings (SSSR count). The molecule has 0 radical (unpaired) electrons. The predicted octanol–water partition coefficient (Wildman–Crippen LogP) is 7.57. The molecule has 1 unspecified atom stereocenters. The van der Waals surface area contributed by atoms with Crippen LogP contribution in [-0.4, -0.2) is 6.18 Å². The van der Waals surface area contributed by atoms with Gasteiger partial charge in [-0.15, -0.1) is 0 Å². The van der Waals surface area contributed by atoms with E-state index in [4.69, 9.17) is 4.74 Å². The van der Waals surface area contributed by atoms with Gasteiger partial charge in [0.1, 0.15) is 17.4 Å². The fourth-order valence-electron chi connectivity index (χ4n) is 3.62. The van der Waals surface area contributed by atoms with Crippen LogP contribution in [0.1, 0.15) is 22.8 Å². The number of benzene rings is 4. The second-order valence-electron chi connectivity index (χ2n) is 7.10. The van der Waals surface area contributed by atoms with Crippen molar-refractivity contribution in [3.8, 4) is 11.8 Å². The Morgan fingerprint density at radius 2 is 1.47 bits per heavy atom. The van der Waals surface area contributed by atoms with Gasteiger partial charge in [0.25, 0.3) is 0 Å². The third-order valence-corrected chi connectivity index (χ3v) is 5.06. The lowest BCUT2D eigenvalue weighted by Crippen LogP contribution is -2.26. The number of fused-ring (bicyclic) bond motifs is 2. The Morgan fingerprint density at radius 1 is 0.750 bits per heavy atom. The first-order chi connectivity index (χ1) is 15.1. The summed E-state index contributed by atoms with van der Waals surface area (Å²) in [6.45, 7) is 0. The van der Waals surface area contributed by atoms with Crippen molar-refractivity contribution in [2.24, 2.45) is 0 Å². The largest absolute Gasteiger partial charge is 0.475 e. The monoisotopic (exact) mass is 445 g/mol. The van der Waals surface area contributed by atoms with E-state index in [0.717, 1.165) is 29.7 Å². The van der Waals surface area contributed by atoms with Crippen molar-refractivity contribution in [1.82, 2.24) is 0 Å². The summed E-state index contributed by atoms with van der Waals surface area (Å²) in [6.07, 6.45) is -11.9. The molecule has 8 heteroatoms. The van der Waals surface area contributed by atoms with E-state index in [1.54, 1.807) is 30.3 Å². The topological polar surface area (TPSA) is 33.0 Å². The van der Waals surface area contributed by atoms with E-state index in [0.29, 0.717) is 5.39 Å². The summed E-state index contributed by atoms with van der Waals surface area (Å²) in [4.78, 5) is 0. The molecule has 4 aromatic carbocycles. The van der Waals surface area contributed by atoms with Crippen molar-refractivity contribution in [3.63, 3.8) is 0 Å². The zero-order valence-electron chi connectivity index (χ0n) is 16.1. The second-order valence-corrected chi connectivity index (χ2v) is 7.10. The van der Waals surface area contributed by atoms with Gasteiger partial charge in [-0.05, 0) is 40.4 Å². The van der Waals surface area contributed by atoms with E-state index >= 15 is 0 Å². The molecule has 0 aromatic heterocycles. The van der Waals surface area contributed by atoms with Crippen LogP contribution in [-0.2, 0) is 6.18 Å². The highest BCUT2D eigenvalue weighted by Crippen LogP contribution is 2.42. The number of nitrogens with zero attached hydrogens (tertiary/aromatic N) is 1. The maximum Gasteiger partial charge on any atom is 0.429 e. The molecule has 0 aliphatic heterocycles. The van der Waals surface area contributed by atoms with E-state index < -0.39 is 35.3 Å². The van der Waals surface area contributed by atoms with Crippen LogP contribution >= 0.6 is 0 Å². The average Bonchev–Trinajstić information content (AvgIpc) is 2.74. The maximum atomic E-state index is 13.9. The summed E-state index contributed by atoms with van der Waals surface area (Å²) >= 11 is 0. The van der Waals surface area contributed by atoms with Gasteiger partial charge in [-0.1, -0.05) is 48.5 Å². The highest BCUT2D eigenvalue weighted by molar-refractivity contribution is 5.93. The number of alkyl halides is 6. The summed E-state index contributed by atoms with van der Waals surface area (Å²) < 4.78 is 86.9. The molecule has 0 N–H and O–H groups in total. The SMILES string of the molecule is N#Cc1c(OC(c2ccc3ccccc3c2)C(F)(F)F)ccc2c(C(F)(F)F)cccc12. The highest BCUT2D eigenvalue weighted by atomic mass is 19.4. The number of hydrogen-bond acceptors (Lipinski definition) is 2. The Labute approximate surface area is 178 Å². The molecule has 0 heterocycles.